The molecular formula is C12H11ClN4O3. The summed E-state index contributed by atoms with van der Waals surface area (Å²) in [7, 11) is 1.70. The molecule has 0 aliphatic heterocycles. The van der Waals surface area contributed by atoms with E-state index in [1.807, 2.05) is 0 Å². The molecule has 0 saturated heterocycles. The van der Waals surface area contributed by atoms with Gasteiger partial charge in [-0.15, -0.1) is 0 Å². The predicted octanol–water partition coefficient (Wildman–Crippen LogP) is 1.89. The Morgan fingerprint density at radius 3 is 2.90 bits per heavy atom. The number of nitro groups is 1. The average Bonchev–Trinajstić information content (AvgIpc) is 2.42. The van der Waals surface area contributed by atoms with Crippen molar-refractivity contribution in [2.75, 3.05) is 12.4 Å². The second kappa shape index (κ2) is 5.70. The fourth-order valence-corrected chi connectivity index (χ4v) is 1.96. The van der Waals surface area contributed by atoms with Crippen LogP contribution in [-0.4, -0.2) is 21.5 Å². The van der Waals surface area contributed by atoms with E-state index in [0.717, 1.165) is 0 Å². The van der Waals surface area contributed by atoms with Gasteiger partial charge in [-0.1, -0.05) is 11.6 Å². The third-order valence-corrected chi connectivity index (χ3v) is 2.93. The molecule has 0 amide bonds. The Morgan fingerprint density at radius 2 is 2.25 bits per heavy atom. The first kappa shape index (κ1) is 14.0. The second-order valence-electron chi connectivity index (χ2n) is 4.03. The highest BCUT2D eigenvalue weighted by Crippen LogP contribution is 2.22. The third kappa shape index (κ3) is 2.94. The van der Waals surface area contributed by atoms with Crippen LogP contribution in [0.15, 0.2) is 35.4 Å². The molecule has 0 spiro atoms. The Bertz CT molecular complexity index is 714. The molecule has 20 heavy (non-hydrogen) atoms. The number of aromatic nitrogens is 2. The van der Waals surface area contributed by atoms with Gasteiger partial charge in [0.1, 0.15) is 0 Å². The highest BCUT2D eigenvalue weighted by molar-refractivity contribution is 6.30. The Balaban J connectivity index is 2.46. The number of non-ortho nitro benzene ring substituents is 1. The van der Waals surface area contributed by atoms with Gasteiger partial charge in [0, 0.05) is 36.6 Å². The van der Waals surface area contributed by atoms with Crippen molar-refractivity contribution in [3.8, 4) is 0 Å². The fourth-order valence-electron chi connectivity index (χ4n) is 1.79. The van der Waals surface area contributed by atoms with Gasteiger partial charge >= 0.3 is 5.69 Å². The summed E-state index contributed by atoms with van der Waals surface area (Å²) in [5.74, 6) is 0. The van der Waals surface area contributed by atoms with Crippen LogP contribution >= 0.6 is 11.6 Å². The van der Waals surface area contributed by atoms with Gasteiger partial charge < -0.3 is 5.32 Å². The van der Waals surface area contributed by atoms with Crippen LogP contribution < -0.4 is 11.0 Å². The lowest BCUT2D eigenvalue weighted by molar-refractivity contribution is -0.384. The molecule has 0 saturated carbocycles. The van der Waals surface area contributed by atoms with Crippen LogP contribution in [0.4, 0.5) is 11.4 Å². The second-order valence-corrected chi connectivity index (χ2v) is 4.47. The van der Waals surface area contributed by atoms with E-state index in [1.165, 1.54) is 29.1 Å². The van der Waals surface area contributed by atoms with Gasteiger partial charge in [0.15, 0.2) is 0 Å². The summed E-state index contributed by atoms with van der Waals surface area (Å²) in [5, 5.41) is 14.1. The van der Waals surface area contributed by atoms with E-state index >= 15 is 0 Å². The van der Waals surface area contributed by atoms with E-state index in [4.69, 9.17) is 11.6 Å². The minimum atomic E-state index is -0.484. The molecule has 1 aromatic carbocycles. The van der Waals surface area contributed by atoms with Crippen molar-refractivity contribution >= 4 is 23.0 Å². The third-order valence-electron chi connectivity index (χ3n) is 2.73. The average molecular weight is 295 g/mol. The van der Waals surface area contributed by atoms with E-state index in [9.17, 15) is 14.9 Å². The molecule has 1 N–H and O–H groups in total. The fraction of sp³-hybridized carbons (Fsp3) is 0.167. The van der Waals surface area contributed by atoms with Crippen LogP contribution in [-0.2, 0) is 6.54 Å². The lowest BCUT2D eigenvalue weighted by Crippen LogP contribution is -2.22. The van der Waals surface area contributed by atoms with Crippen LogP contribution in [0.5, 0.6) is 0 Å². The maximum absolute atomic E-state index is 11.6. The summed E-state index contributed by atoms with van der Waals surface area (Å²) in [6, 6.07) is 4.41. The highest BCUT2D eigenvalue weighted by Gasteiger charge is 2.11. The number of hydrogen-bond acceptors (Lipinski definition) is 5. The van der Waals surface area contributed by atoms with Crippen molar-refractivity contribution in [1.29, 1.82) is 0 Å². The summed E-state index contributed by atoms with van der Waals surface area (Å²) < 4.78 is 1.29. The summed E-state index contributed by atoms with van der Waals surface area (Å²) in [6.07, 6.45) is 2.70. The molecule has 0 fully saturated rings. The maximum Gasteiger partial charge on any atom is 0.347 e. The quantitative estimate of drug-likeness (QED) is 0.687. The van der Waals surface area contributed by atoms with Gasteiger partial charge in [0.2, 0.25) is 0 Å². The molecule has 0 unspecified atom stereocenters. The van der Waals surface area contributed by atoms with Crippen molar-refractivity contribution in [3.63, 3.8) is 0 Å². The molecule has 2 aromatic rings. The smallest absolute Gasteiger partial charge is 0.347 e. The van der Waals surface area contributed by atoms with E-state index < -0.39 is 10.6 Å². The Hall–Kier alpha value is -2.41. The molecule has 0 atom stereocenters. The predicted molar refractivity (Wildman–Crippen MR) is 75.3 cm³/mol. The monoisotopic (exact) mass is 294 g/mol. The van der Waals surface area contributed by atoms with Gasteiger partial charge in [-0.3, -0.25) is 14.7 Å². The lowest BCUT2D eigenvalue weighted by Gasteiger charge is -2.10. The highest BCUT2D eigenvalue weighted by atomic mass is 35.5. The van der Waals surface area contributed by atoms with Crippen molar-refractivity contribution in [2.45, 2.75) is 6.54 Å². The van der Waals surface area contributed by atoms with E-state index in [-0.39, 0.29) is 12.2 Å². The molecule has 0 bridgehead atoms. The molecule has 2 rings (SSSR count). The molecule has 7 nitrogen and oxygen atoms in total. The zero-order valence-corrected chi connectivity index (χ0v) is 11.3. The van der Waals surface area contributed by atoms with Crippen molar-refractivity contribution in [3.05, 3.63) is 61.8 Å². The Labute approximate surface area is 119 Å². The summed E-state index contributed by atoms with van der Waals surface area (Å²) in [4.78, 5) is 25.6. The topological polar surface area (TPSA) is 90.1 Å². The summed E-state index contributed by atoms with van der Waals surface area (Å²) >= 11 is 5.79. The molecule has 0 aliphatic rings. The van der Waals surface area contributed by atoms with Gasteiger partial charge in [-0.25, -0.2) is 9.78 Å². The molecule has 1 heterocycles. The number of rotatable bonds is 4. The number of nitrogens with one attached hydrogen (secondary N) is 1. The van der Waals surface area contributed by atoms with Gasteiger partial charge in [-0.05, 0) is 6.07 Å². The molecule has 0 radical (unpaired) electrons. The van der Waals surface area contributed by atoms with Gasteiger partial charge in [-0.2, -0.15) is 0 Å². The van der Waals surface area contributed by atoms with E-state index in [1.54, 1.807) is 13.1 Å². The molecule has 1 aromatic heterocycles. The molecular weight excluding hydrogens is 284 g/mol. The zero-order valence-electron chi connectivity index (χ0n) is 10.5. The number of anilines is 1. The van der Waals surface area contributed by atoms with Crippen molar-refractivity contribution in [1.82, 2.24) is 9.55 Å². The largest absolute Gasteiger partial charge is 0.388 e. The first-order chi connectivity index (χ1) is 9.51. The molecule has 8 heteroatoms. The van der Waals surface area contributed by atoms with Crippen LogP contribution in [0.1, 0.15) is 5.56 Å². The standard InChI is InChI=1S/C12H11ClN4O3/c1-14-11-3-2-10(17(19)20)4-8(11)6-16-7-9(13)5-15-12(16)18/h2-5,7,14H,6H2,1H3. The van der Waals surface area contributed by atoms with E-state index in [2.05, 4.69) is 10.3 Å². The lowest BCUT2D eigenvalue weighted by atomic mass is 10.1. The zero-order chi connectivity index (χ0) is 14.7. The SMILES string of the molecule is CNc1ccc([N+](=O)[O-])cc1Cn1cc(Cl)cnc1=O. The number of hydrogen-bond donors (Lipinski definition) is 1. The number of halogens is 1. The van der Waals surface area contributed by atoms with Crippen molar-refractivity contribution in [2.24, 2.45) is 0 Å². The normalized spacial score (nSPS) is 10.3. The van der Waals surface area contributed by atoms with Crippen LogP contribution in [0.25, 0.3) is 0 Å². The number of nitro benzene ring substituents is 1. The number of nitrogens with zero attached hydrogens (tertiary/aromatic N) is 3. The first-order valence-electron chi connectivity index (χ1n) is 5.68. The van der Waals surface area contributed by atoms with Crippen LogP contribution in [0.2, 0.25) is 5.02 Å². The van der Waals surface area contributed by atoms with Crippen molar-refractivity contribution < 1.29 is 4.92 Å². The number of benzene rings is 1. The van der Waals surface area contributed by atoms with Crippen LogP contribution in [0, 0.1) is 10.1 Å². The maximum atomic E-state index is 11.6. The van der Waals surface area contributed by atoms with Gasteiger partial charge in [0.25, 0.3) is 5.69 Å². The summed E-state index contributed by atoms with van der Waals surface area (Å²) in [5.41, 5.74) is 0.792. The molecule has 104 valence electrons. The minimum absolute atomic E-state index is 0.0398. The van der Waals surface area contributed by atoms with E-state index in [0.29, 0.717) is 16.3 Å². The van der Waals surface area contributed by atoms with Gasteiger partial charge in [0.05, 0.1) is 22.7 Å². The first-order valence-corrected chi connectivity index (χ1v) is 6.06. The summed E-state index contributed by atoms with van der Waals surface area (Å²) in [6.45, 7) is 0.143. The Morgan fingerprint density at radius 1 is 1.50 bits per heavy atom. The minimum Gasteiger partial charge on any atom is -0.388 e. The molecule has 0 aliphatic carbocycles. The Kier molecular flexibility index (Phi) is 3.99. The van der Waals surface area contributed by atoms with Crippen LogP contribution in [0.3, 0.4) is 0 Å².